The third-order valence-corrected chi connectivity index (χ3v) is 4.30. The van der Waals surface area contributed by atoms with Gasteiger partial charge in [0.05, 0.1) is 6.33 Å². The lowest BCUT2D eigenvalue weighted by Crippen LogP contribution is -2.37. The van der Waals surface area contributed by atoms with Crippen LogP contribution in [0.5, 0.6) is 0 Å². The van der Waals surface area contributed by atoms with Crippen LogP contribution in [-0.4, -0.2) is 36.0 Å². The number of nitrogens with one attached hydrogen (secondary N) is 1. The molecule has 0 fully saturated rings. The van der Waals surface area contributed by atoms with Crippen molar-refractivity contribution in [1.82, 2.24) is 18.7 Å². The minimum atomic E-state index is -0.523. The molecule has 0 spiro atoms. The number of imidazole rings is 1. The predicted octanol–water partition coefficient (Wildman–Crippen LogP) is 0.223. The van der Waals surface area contributed by atoms with Crippen molar-refractivity contribution in [3.8, 4) is 0 Å². The number of carbonyl (C=O) groups excluding carboxylic acids is 1. The van der Waals surface area contributed by atoms with E-state index in [1.807, 2.05) is 0 Å². The van der Waals surface area contributed by atoms with Gasteiger partial charge in [0, 0.05) is 31.9 Å². The van der Waals surface area contributed by atoms with Crippen LogP contribution < -0.4 is 16.6 Å². The maximum atomic E-state index is 12.4. The monoisotopic (exact) mass is 370 g/mol. The van der Waals surface area contributed by atoms with Gasteiger partial charge in [-0.3, -0.25) is 18.7 Å². The SMILES string of the molecule is C=[N+]([O-])c1ccc(NC(=O)Cn2cnc3c2c(=O)n(C)c(=O)n3C)c(C)c1. The quantitative estimate of drug-likeness (QED) is 0.305. The second kappa shape index (κ2) is 6.56. The molecule has 10 heteroatoms. The largest absolute Gasteiger partial charge is 0.619 e. The summed E-state index contributed by atoms with van der Waals surface area (Å²) in [6, 6.07) is 4.75. The highest BCUT2D eigenvalue weighted by Gasteiger charge is 2.16. The maximum absolute atomic E-state index is 12.4. The van der Waals surface area contributed by atoms with Crippen molar-refractivity contribution in [2.45, 2.75) is 13.5 Å². The molecular formula is C17H18N6O4. The molecule has 2 heterocycles. The van der Waals surface area contributed by atoms with E-state index >= 15 is 0 Å². The minimum Gasteiger partial charge on any atom is -0.619 e. The Hall–Kier alpha value is -3.69. The Morgan fingerprint density at radius 3 is 2.63 bits per heavy atom. The van der Waals surface area contributed by atoms with E-state index < -0.39 is 11.2 Å². The number of nitrogens with zero attached hydrogens (tertiary/aromatic N) is 5. The summed E-state index contributed by atoms with van der Waals surface area (Å²) in [7, 11) is 2.88. The predicted molar refractivity (Wildman–Crippen MR) is 100 cm³/mol. The molecule has 0 saturated heterocycles. The van der Waals surface area contributed by atoms with Gasteiger partial charge < -0.3 is 15.1 Å². The van der Waals surface area contributed by atoms with Crippen LogP contribution >= 0.6 is 0 Å². The van der Waals surface area contributed by atoms with Crippen molar-refractivity contribution in [3.63, 3.8) is 0 Å². The summed E-state index contributed by atoms with van der Waals surface area (Å²) in [6.07, 6.45) is 1.35. The molecule has 0 bridgehead atoms. The van der Waals surface area contributed by atoms with Gasteiger partial charge in [0.15, 0.2) is 11.2 Å². The molecule has 0 aliphatic carbocycles. The Labute approximate surface area is 153 Å². The van der Waals surface area contributed by atoms with E-state index in [0.717, 1.165) is 4.57 Å². The fourth-order valence-corrected chi connectivity index (χ4v) is 2.80. The normalized spacial score (nSPS) is 10.9. The Morgan fingerprint density at radius 2 is 2.00 bits per heavy atom. The van der Waals surface area contributed by atoms with Crippen LogP contribution in [0.15, 0.2) is 34.1 Å². The zero-order chi connectivity index (χ0) is 19.9. The molecule has 0 unspecified atom stereocenters. The Morgan fingerprint density at radius 1 is 1.30 bits per heavy atom. The molecule has 0 saturated carbocycles. The second-order valence-corrected chi connectivity index (χ2v) is 6.18. The number of amides is 1. The molecule has 3 aromatic rings. The van der Waals surface area contributed by atoms with Crippen molar-refractivity contribution in [2.24, 2.45) is 14.1 Å². The van der Waals surface area contributed by atoms with E-state index in [0.29, 0.717) is 21.7 Å². The summed E-state index contributed by atoms with van der Waals surface area (Å²) in [5, 5.41) is 14.0. The third kappa shape index (κ3) is 3.12. The molecule has 0 radical (unpaired) electrons. The molecule has 27 heavy (non-hydrogen) atoms. The van der Waals surface area contributed by atoms with Gasteiger partial charge in [0.1, 0.15) is 13.3 Å². The van der Waals surface area contributed by atoms with Crippen LogP contribution in [0.25, 0.3) is 11.2 Å². The lowest BCUT2D eigenvalue weighted by Gasteiger charge is -2.10. The van der Waals surface area contributed by atoms with Crippen molar-refractivity contribution in [3.05, 3.63) is 56.1 Å². The molecule has 140 valence electrons. The molecule has 2 aromatic heterocycles. The lowest BCUT2D eigenvalue weighted by atomic mass is 10.2. The number of hydrogen-bond donors (Lipinski definition) is 1. The first-order valence-electron chi connectivity index (χ1n) is 8.00. The number of hydrogen-bond acceptors (Lipinski definition) is 5. The van der Waals surface area contributed by atoms with Crippen LogP contribution in [0.3, 0.4) is 0 Å². The number of rotatable bonds is 4. The van der Waals surface area contributed by atoms with Crippen molar-refractivity contribution in [1.29, 1.82) is 0 Å². The molecule has 0 atom stereocenters. The van der Waals surface area contributed by atoms with Crippen LogP contribution in [0, 0.1) is 12.1 Å². The summed E-state index contributed by atoms with van der Waals surface area (Å²) in [5.74, 6) is -0.380. The lowest BCUT2D eigenvalue weighted by molar-refractivity contribution is -0.349. The molecule has 0 aliphatic heterocycles. The van der Waals surface area contributed by atoms with Gasteiger partial charge >= 0.3 is 5.69 Å². The Bertz CT molecular complexity index is 1200. The number of carbonyl (C=O) groups is 1. The van der Waals surface area contributed by atoms with Gasteiger partial charge in [-0.2, -0.15) is 4.74 Å². The van der Waals surface area contributed by atoms with Crippen molar-refractivity contribution < 1.29 is 9.53 Å². The molecule has 10 nitrogen and oxygen atoms in total. The number of fused-ring (bicyclic) bond motifs is 1. The highest BCUT2D eigenvalue weighted by Crippen LogP contribution is 2.21. The van der Waals surface area contributed by atoms with Gasteiger partial charge in [-0.15, -0.1) is 0 Å². The zero-order valence-corrected chi connectivity index (χ0v) is 15.1. The topological polar surface area (TPSA) is 117 Å². The number of aryl methyl sites for hydroxylation is 2. The average Bonchev–Trinajstić information content (AvgIpc) is 3.03. The zero-order valence-electron chi connectivity index (χ0n) is 15.1. The van der Waals surface area contributed by atoms with E-state index in [1.165, 1.54) is 29.6 Å². The number of benzene rings is 1. The minimum absolute atomic E-state index is 0.159. The first-order chi connectivity index (χ1) is 12.7. The highest BCUT2D eigenvalue weighted by atomic mass is 16.5. The summed E-state index contributed by atoms with van der Waals surface area (Å²) in [6.45, 7) is 4.86. The molecule has 3 rings (SSSR count). The second-order valence-electron chi connectivity index (χ2n) is 6.18. The maximum Gasteiger partial charge on any atom is 0.332 e. The van der Waals surface area contributed by atoms with Crippen LogP contribution in [0.2, 0.25) is 0 Å². The molecule has 0 aliphatic rings. The van der Waals surface area contributed by atoms with Crippen LogP contribution in [0.1, 0.15) is 5.56 Å². The summed E-state index contributed by atoms with van der Waals surface area (Å²) >= 11 is 0. The molecule has 1 N–H and O–H groups in total. The molecule has 1 amide bonds. The number of aromatic nitrogens is 4. The first-order valence-corrected chi connectivity index (χ1v) is 8.00. The van der Waals surface area contributed by atoms with E-state index in [9.17, 15) is 19.6 Å². The molecule has 1 aromatic carbocycles. The fraction of sp³-hybridized carbons (Fsp3) is 0.235. The van der Waals surface area contributed by atoms with E-state index in [-0.39, 0.29) is 23.6 Å². The van der Waals surface area contributed by atoms with E-state index in [1.54, 1.807) is 25.1 Å². The van der Waals surface area contributed by atoms with Gasteiger partial charge in [-0.25, -0.2) is 9.78 Å². The highest BCUT2D eigenvalue weighted by molar-refractivity contribution is 5.92. The fourth-order valence-electron chi connectivity index (χ4n) is 2.80. The van der Waals surface area contributed by atoms with E-state index in [4.69, 9.17) is 0 Å². The van der Waals surface area contributed by atoms with Gasteiger partial charge in [-0.05, 0) is 18.6 Å². The smallest absolute Gasteiger partial charge is 0.332 e. The standard InChI is InChI=1S/C17H18N6O4/c1-10-7-11(22(4)27)5-6-12(10)19-13(24)8-23-9-18-15-14(23)16(25)21(3)17(26)20(15)2/h5-7,9H,4,8H2,1-3H3,(H,19,24). The van der Waals surface area contributed by atoms with Crippen molar-refractivity contribution >= 4 is 35.2 Å². The average molecular weight is 370 g/mol. The Balaban J connectivity index is 1.90. The first kappa shape index (κ1) is 18.1. The number of anilines is 1. The Kier molecular flexibility index (Phi) is 4.40. The van der Waals surface area contributed by atoms with Crippen molar-refractivity contribution in [2.75, 3.05) is 5.32 Å². The third-order valence-electron chi connectivity index (χ3n) is 4.30. The van der Waals surface area contributed by atoms with Gasteiger partial charge in [0.25, 0.3) is 5.56 Å². The summed E-state index contributed by atoms with van der Waals surface area (Å²) < 4.78 is 4.10. The van der Waals surface area contributed by atoms with Crippen LogP contribution in [0.4, 0.5) is 11.4 Å². The van der Waals surface area contributed by atoms with Gasteiger partial charge in [-0.1, -0.05) is 0 Å². The van der Waals surface area contributed by atoms with E-state index in [2.05, 4.69) is 17.0 Å². The molecular weight excluding hydrogens is 352 g/mol. The summed E-state index contributed by atoms with van der Waals surface area (Å²) in [5.41, 5.74) is 0.967. The van der Waals surface area contributed by atoms with Crippen LogP contribution in [-0.2, 0) is 25.4 Å². The van der Waals surface area contributed by atoms with Gasteiger partial charge in [0.2, 0.25) is 11.6 Å². The summed E-state index contributed by atoms with van der Waals surface area (Å²) in [4.78, 5) is 40.8.